The van der Waals surface area contributed by atoms with Crippen molar-refractivity contribution in [1.29, 1.82) is 0 Å². The third kappa shape index (κ3) is 4.68. The number of carbonyl (C=O) groups excluding carboxylic acids is 1. The SMILES string of the molecule is CC(C)N1CCN(CC2C3CCC(C3)C2NC(=O)OC(C)(C)C)CC1. The van der Waals surface area contributed by atoms with Crippen LogP contribution in [0.2, 0.25) is 0 Å². The van der Waals surface area contributed by atoms with Gasteiger partial charge in [0.25, 0.3) is 0 Å². The van der Waals surface area contributed by atoms with Gasteiger partial charge in [0.05, 0.1) is 0 Å². The zero-order chi connectivity index (χ0) is 18.2. The fourth-order valence-electron chi connectivity index (χ4n) is 5.10. The van der Waals surface area contributed by atoms with Crippen molar-refractivity contribution in [2.24, 2.45) is 17.8 Å². The van der Waals surface area contributed by atoms with Crippen molar-refractivity contribution in [3.8, 4) is 0 Å². The van der Waals surface area contributed by atoms with Gasteiger partial charge in [-0.25, -0.2) is 4.79 Å². The van der Waals surface area contributed by atoms with Crippen molar-refractivity contribution >= 4 is 6.09 Å². The van der Waals surface area contributed by atoms with Crippen LogP contribution in [0.3, 0.4) is 0 Å². The molecular weight excluding hydrogens is 314 g/mol. The Kier molecular flexibility index (Phi) is 5.64. The van der Waals surface area contributed by atoms with Gasteiger partial charge < -0.3 is 15.0 Å². The molecule has 1 saturated heterocycles. The summed E-state index contributed by atoms with van der Waals surface area (Å²) in [4.78, 5) is 17.5. The van der Waals surface area contributed by atoms with Gasteiger partial charge in [0.15, 0.2) is 0 Å². The summed E-state index contributed by atoms with van der Waals surface area (Å²) in [6.07, 6.45) is 3.66. The van der Waals surface area contributed by atoms with Gasteiger partial charge >= 0.3 is 6.09 Å². The van der Waals surface area contributed by atoms with Crippen molar-refractivity contribution in [2.45, 2.75) is 71.6 Å². The van der Waals surface area contributed by atoms with Crippen molar-refractivity contribution < 1.29 is 9.53 Å². The summed E-state index contributed by atoms with van der Waals surface area (Å²) < 4.78 is 5.52. The monoisotopic (exact) mass is 351 g/mol. The summed E-state index contributed by atoms with van der Waals surface area (Å²) in [7, 11) is 0. The Hall–Kier alpha value is -0.810. The molecule has 2 saturated carbocycles. The largest absolute Gasteiger partial charge is 0.444 e. The first-order valence-corrected chi connectivity index (χ1v) is 10.2. The minimum absolute atomic E-state index is 0.236. The van der Waals surface area contributed by atoms with E-state index in [0.29, 0.717) is 23.9 Å². The van der Waals surface area contributed by atoms with Crippen LogP contribution in [0.25, 0.3) is 0 Å². The fraction of sp³-hybridized carbons (Fsp3) is 0.950. The van der Waals surface area contributed by atoms with Crippen LogP contribution in [0.15, 0.2) is 0 Å². The lowest BCUT2D eigenvalue weighted by molar-refractivity contribution is 0.0421. The summed E-state index contributed by atoms with van der Waals surface area (Å²) in [6, 6.07) is 0.947. The topological polar surface area (TPSA) is 44.8 Å². The Morgan fingerprint density at radius 3 is 2.36 bits per heavy atom. The molecular formula is C20H37N3O2. The van der Waals surface area contributed by atoms with Crippen LogP contribution in [0.4, 0.5) is 4.79 Å². The number of alkyl carbamates (subject to hydrolysis) is 1. The van der Waals surface area contributed by atoms with E-state index in [1.165, 1.54) is 32.4 Å². The van der Waals surface area contributed by atoms with E-state index >= 15 is 0 Å². The maximum absolute atomic E-state index is 12.3. The van der Waals surface area contributed by atoms with E-state index < -0.39 is 5.60 Å². The van der Waals surface area contributed by atoms with E-state index in [-0.39, 0.29) is 6.09 Å². The summed E-state index contributed by atoms with van der Waals surface area (Å²) in [5, 5.41) is 3.24. The van der Waals surface area contributed by atoms with Crippen LogP contribution in [0, 0.1) is 17.8 Å². The number of piperazine rings is 1. The molecule has 0 aromatic carbocycles. The van der Waals surface area contributed by atoms with Crippen molar-refractivity contribution in [3.05, 3.63) is 0 Å². The summed E-state index contributed by atoms with van der Waals surface area (Å²) >= 11 is 0. The number of hydrogen-bond acceptors (Lipinski definition) is 4. The van der Waals surface area contributed by atoms with E-state index in [0.717, 1.165) is 25.6 Å². The maximum atomic E-state index is 12.3. The standard InChI is InChI=1S/C20H37N3O2/c1-14(2)23-10-8-22(9-11-23)13-17-15-6-7-16(12-15)18(17)21-19(24)25-20(3,4)5/h14-18H,6-13H2,1-5H3,(H,21,24). The third-order valence-corrected chi connectivity index (χ3v) is 6.38. The zero-order valence-electron chi connectivity index (χ0n) is 16.8. The van der Waals surface area contributed by atoms with E-state index in [1.807, 2.05) is 20.8 Å². The third-order valence-electron chi connectivity index (χ3n) is 6.38. The molecule has 1 aliphatic heterocycles. The smallest absolute Gasteiger partial charge is 0.407 e. The second kappa shape index (κ2) is 7.43. The number of ether oxygens (including phenoxy) is 1. The highest BCUT2D eigenvalue weighted by Crippen LogP contribution is 2.48. The highest BCUT2D eigenvalue weighted by molar-refractivity contribution is 5.68. The lowest BCUT2D eigenvalue weighted by atomic mass is 9.84. The average Bonchev–Trinajstić information content (AvgIpc) is 3.09. The molecule has 144 valence electrons. The number of fused-ring (bicyclic) bond motifs is 2. The van der Waals surface area contributed by atoms with Crippen LogP contribution in [0.5, 0.6) is 0 Å². The first-order valence-electron chi connectivity index (χ1n) is 10.2. The predicted molar refractivity (Wildman–Crippen MR) is 101 cm³/mol. The molecule has 1 N–H and O–H groups in total. The van der Waals surface area contributed by atoms with Crippen LogP contribution >= 0.6 is 0 Å². The molecule has 4 unspecified atom stereocenters. The minimum atomic E-state index is -0.426. The summed E-state index contributed by atoms with van der Waals surface area (Å²) in [5.41, 5.74) is -0.426. The average molecular weight is 352 g/mol. The maximum Gasteiger partial charge on any atom is 0.407 e. The van der Waals surface area contributed by atoms with E-state index in [2.05, 4.69) is 29.0 Å². The van der Waals surface area contributed by atoms with Gasteiger partial charge in [0, 0.05) is 44.8 Å². The molecule has 2 aliphatic carbocycles. The lowest BCUT2D eigenvalue weighted by Gasteiger charge is -2.41. The van der Waals surface area contributed by atoms with Crippen LogP contribution in [-0.2, 0) is 4.74 Å². The van der Waals surface area contributed by atoms with Crippen molar-refractivity contribution in [3.63, 3.8) is 0 Å². The summed E-state index contributed by atoms with van der Waals surface area (Å²) in [5.74, 6) is 2.03. The molecule has 0 aromatic rings. The number of nitrogens with zero attached hydrogens (tertiary/aromatic N) is 2. The van der Waals surface area contributed by atoms with E-state index in [1.54, 1.807) is 0 Å². The zero-order valence-corrected chi connectivity index (χ0v) is 16.8. The molecule has 1 heterocycles. The minimum Gasteiger partial charge on any atom is -0.444 e. The molecule has 0 aromatic heterocycles. The fourth-order valence-corrected chi connectivity index (χ4v) is 5.10. The summed E-state index contributed by atoms with van der Waals surface area (Å²) in [6.45, 7) is 16.1. The Labute approximate surface area is 153 Å². The second-order valence-corrected chi connectivity index (χ2v) is 9.60. The molecule has 5 heteroatoms. The number of rotatable bonds is 4. The molecule has 4 atom stereocenters. The highest BCUT2D eigenvalue weighted by atomic mass is 16.6. The number of nitrogens with one attached hydrogen (secondary N) is 1. The molecule has 2 bridgehead atoms. The van der Waals surface area contributed by atoms with Gasteiger partial charge in [0.2, 0.25) is 0 Å². The first-order chi connectivity index (χ1) is 11.7. The second-order valence-electron chi connectivity index (χ2n) is 9.60. The van der Waals surface area contributed by atoms with Crippen molar-refractivity contribution in [2.75, 3.05) is 32.7 Å². The molecule has 3 rings (SSSR count). The molecule has 25 heavy (non-hydrogen) atoms. The number of amides is 1. The van der Waals surface area contributed by atoms with Gasteiger partial charge in [-0.2, -0.15) is 0 Å². The highest BCUT2D eigenvalue weighted by Gasteiger charge is 2.48. The molecule has 3 aliphatic rings. The molecule has 1 amide bonds. The Morgan fingerprint density at radius 2 is 1.76 bits per heavy atom. The quantitative estimate of drug-likeness (QED) is 0.846. The Morgan fingerprint density at radius 1 is 1.12 bits per heavy atom. The van der Waals surface area contributed by atoms with Crippen molar-refractivity contribution in [1.82, 2.24) is 15.1 Å². The van der Waals surface area contributed by atoms with Gasteiger partial charge in [-0.05, 0) is 71.6 Å². The molecule has 0 spiro atoms. The number of carbonyl (C=O) groups is 1. The molecule has 3 fully saturated rings. The Balaban J connectivity index is 1.55. The first kappa shape index (κ1) is 19.0. The molecule has 0 radical (unpaired) electrons. The number of hydrogen-bond donors (Lipinski definition) is 1. The van der Waals surface area contributed by atoms with Gasteiger partial charge in [0.1, 0.15) is 5.60 Å². The van der Waals surface area contributed by atoms with Crippen LogP contribution in [-0.4, -0.2) is 66.3 Å². The van der Waals surface area contributed by atoms with E-state index in [9.17, 15) is 4.79 Å². The van der Waals surface area contributed by atoms with E-state index in [4.69, 9.17) is 4.74 Å². The normalized spacial score (nSPS) is 33.8. The predicted octanol–water partition coefficient (Wildman–Crippen LogP) is 2.95. The van der Waals surface area contributed by atoms with Crippen LogP contribution < -0.4 is 5.32 Å². The lowest BCUT2D eigenvalue weighted by Crippen LogP contribution is -2.53. The van der Waals surface area contributed by atoms with Gasteiger partial charge in [-0.1, -0.05) is 0 Å². The van der Waals surface area contributed by atoms with Gasteiger partial charge in [-0.15, -0.1) is 0 Å². The van der Waals surface area contributed by atoms with Gasteiger partial charge in [-0.3, -0.25) is 4.90 Å². The van der Waals surface area contributed by atoms with Crippen LogP contribution in [0.1, 0.15) is 53.9 Å². The Bertz CT molecular complexity index is 466. The molecule has 5 nitrogen and oxygen atoms in total.